The van der Waals surface area contributed by atoms with Gasteiger partial charge in [0, 0.05) is 0 Å². The van der Waals surface area contributed by atoms with Crippen molar-refractivity contribution in [3.8, 4) is 0 Å². The van der Waals surface area contributed by atoms with Gasteiger partial charge in [0.1, 0.15) is 61.0 Å². The van der Waals surface area contributed by atoms with Crippen molar-refractivity contribution in [2.24, 2.45) is 0 Å². The summed E-state index contributed by atoms with van der Waals surface area (Å²) in [4.78, 5) is 0. The second-order valence-corrected chi connectivity index (χ2v) is 11.7. The third kappa shape index (κ3) is 33.5. The van der Waals surface area contributed by atoms with Gasteiger partial charge in [0.2, 0.25) is 0 Å². The molecule has 21 nitrogen and oxygen atoms in total. The molecule has 308 valence electrons. The zero-order valence-electron chi connectivity index (χ0n) is 29.0. The van der Waals surface area contributed by atoms with Gasteiger partial charge in [-0.1, -0.05) is 0 Å². The summed E-state index contributed by atoms with van der Waals surface area (Å²) < 4.78 is 46.3. The van der Waals surface area contributed by atoms with Gasteiger partial charge in [0.05, 0.1) is 132 Å². The van der Waals surface area contributed by atoms with Crippen molar-refractivity contribution in [1.82, 2.24) is 0 Å². The molecule has 0 aliphatic carbocycles. The van der Waals surface area contributed by atoms with E-state index in [0.29, 0.717) is 0 Å². The van der Waals surface area contributed by atoms with Gasteiger partial charge in [0.25, 0.3) is 0 Å². The largest absolute Gasteiger partial charge is 0.394 e. The maximum absolute atomic E-state index is 9.95. The van der Waals surface area contributed by atoms with Crippen molar-refractivity contribution in [2.75, 3.05) is 132 Å². The first kappa shape index (κ1) is 50.2. The van der Waals surface area contributed by atoms with Crippen LogP contribution in [0.5, 0.6) is 0 Å². The molecule has 0 radical (unpaired) electrons. The molecule has 0 bridgehead atoms. The molecule has 0 fully saturated rings. The normalized spacial score (nSPS) is 18.1. The van der Waals surface area contributed by atoms with Gasteiger partial charge >= 0.3 is 0 Å². The van der Waals surface area contributed by atoms with Gasteiger partial charge in [-0.05, 0) is 0 Å². The topological polar surface area (TPSA) is 326 Å². The molecule has 0 aromatic rings. The molecule has 10 atom stereocenters. The lowest BCUT2D eigenvalue weighted by molar-refractivity contribution is -0.0897. The Morgan fingerprint density at radius 2 is 0.294 bits per heavy atom. The standard InChI is InChI=1S/C30H62O21/c31-1-21(33)3-43-5-23(35)7-45-9-25(37)11-47-13-27(39)15-49-17-29(41)19-51-20-30(42)18-50-16-28(40)14-48-12-26(38)10-46-8-24(36)6-44-4-22(34)2-32/h21-42H,1-20H2/t21-,22-,23-,24+,25-,26+,27-,28+,29-,30+/m0/s1. The van der Waals surface area contributed by atoms with Crippen LogP contribution in [0.25, 0.3) is 0 Å². The molecule has 0 amide bonds. The van der Waals surface area contributed by atoms with E-state index in [1.165, 1.54) is 0 Å². The van der Waals surface area contributed by atoms with Crippen molar-refractivity contribution in [3.05, 3.63) is 0 Å². The SMILES string of the molecule is OC[C@H](O)COC[C@H](O)COC[C@H](O)COC[C@H](O)COC[C@H](O)COC[C@H](O)COC[C@H](O)COC[C@H](O)COC[C@H](O)COC[C@@H](O)CO. The van der Waals surface area contributed by atoms with Gasteiger partial charge in [-0.25, -0.2) is 0 Å². The minimum absolute atomic E-state index is 0.123. The monoisotopic (exact) mass is 758 g/mol. The van der Waals surface area contributed by atoms with Crippen molar-refractivity contribution in [1.29, 1.82) is 0 Å². The average molecular weight is 759 g/mol. The van der Waals surface area contributed by atoms with E-state index >= 15 is 0 Å². The molecule has 0 aromatic heterocycles. The second kappa shape index (κ2) is 33.7. The molecule has 0 saturated heterocycles. The molecule has 0 aromatic carbocycles. The lowest BCUT2D eigenvalue weighted by Crippen LogP contribution is -2.32. The fraction of sp³-hybridized carbons (Fsp3) is 1.00. The van der Waals surface area contributed by atoms with Gasteiger partial charge in [-0.3, -0.25) is 0 Å². The summed E-state index contributed by atoms with van der Waals surface area (Å²) in [6.45, 7) is -3.68. The minimum atomic E-state index is -1.05. The van der Waals surface area contributed by atoms with E-state index < -0.39 is 74.3 Å². The molecule has 0 spiro atoms. The van der Waals surface area contributed by atoms with Crippen molar-refractivity contribution in [3.63, 3.8) is 0 Å². The van der Waals surface area contributed by atoms with E-state index in [0.717, 1.165) is 0 Å². The van der Waals surface area contributed by atoms with E-state index in [4.69, 9.17) is 63.1 Å². The van der Waals surface area contributed by atoms with Crippen molar-refractivity contribution < 1.29 is 104 Å². The maximum atomic E-state index is 9.95. The summed E-state index contributed by atoms with van der Waals surface area (Å²) in [5, 5.41) is 115. The zero-order chi connectivity index (χ0) is 38.3. The van der Waals surface area contributed by atoms with Crippen molar-refractivity contribution >= 4 is 0 Å². The van der Waals surface area contributed by atoms with E-state index in [1.807, 2.05) is 0 Å². The Hall–Kier alpha value is -0.840. The maximum Gasteiger partial charge on any atom is 0.101 e. The third-order valence-electron chi connectivity index (χ3n) is 6.01. The zero-order valence-corrected chi connectivity index (χ0v) is 29.0. The van der Waals surface area contributed by atoms with E-state index in [9.17, 15) is 40.9 Å². The van der Waals surface area contributed by atoms with Gasteiger partial charge in [0.15, 0.2) is 0 Å². The van der Waals surface area contributed by atoms with E-state index in [-0.39, 0.29) is 119 Å². The van der Waals surface area contributed by atoms with E-state index in [1.54, 1.807) is 0 Å². The Morgan fingerprint density at radius 3 is 0.392 bits per heavy atom. The molecule has 51 heavy (non-hydrogen) atoms. The highest BCUT2D eigenvalue weighted by Crippen LogP contribution is 1.99. The fourth-order valence-corrected chi connectivity index (χ4v) is 3.55. The third-order valence-corrected chi connectivity index (χ3v) is 6.01. The molecule has 0 rings (SSSR count). The highest BCUT2D eigenvalue weighted by molar-refractivity contribution is 4.62. The van der Waals surface area contributed by atoms with Gasteiger partial charge < -0.3 is 104 Å². The van der Waals surface area contributed by atoms with Crippen LogP contribution in [-0.2, 0) is 42.6 Å². The predicted molar refractivity (Wildman–Crippen MR) is 172 cm³/mol. The van der Waals surface area contributed by atoms with Crippen LogP contribution in [0.2, 0.25) is 0 Å². The summed E-state index contributed by atoms with van der Waals surface area (Å²) >= 11 is 0. The van der Waals surface area contributed by atoms with Crippen LogP contribution >= 0.6 is 0 Å². The highest BCUT2D eigenvalue weighted by atomic mass is 16.6. The van der Waals surface area contributed by atoms with Crippen LogP contribution in [0.4, 0.5) is 0 Å². The lowest BCUT2D eigenvalue weighted by Gasteiger charge is -2.18. The molecule has 0 heterocycles. The Bertz CT molecular complexity index is 686. The summed E-state index contributed by atoms with van der Waals surface area (Å²) in [7, 11) is 0. The lowest BCUT2D eigenvalue weighted by atomic mass is 10.3. The molecule has 0 aliphatic rings. The Balaban J connectivity index is 3.72. The second-order valence-electron chi connectivity index (χ2n) is 11.7. The average Bonchev–Trinajstić information content (AvgIpc) is 3.08. The Kier molecular flexibility index (Phi) is 33.2. The van der Waals surface area contributed by atoms with Crippen molar-refractivity contribution in [2.45, 2.75) is 61.0 Å². The van der Waals surface area contributed by atoms with Crippen LogP contribution in [0, 0.1) is 0 Å². The van der Waals surface area contributed by atoms with E-state index in [2.05, 4.69) is 0 Å². The Labute approximate surface area is 297 Å². The summed E-state index contributed by atoms with van der Waals surface area (Å²) in [6.07, 6.45) is -10.3. The molecule has 0 unspecified atom stereocenters. The van der Waals surface area contributed by atoms with Crippen LogP contribution < -0.4 is 0 Å². The first-order valence-corrected chi connectivity index (χ1v) is 16.6. The molecule has 12 N–H and O–H groups in total. The molecular formula is C30H62O21. The molecule has 0 saturated carbocycles. The number of hydrogen-bond acceptors (Lipinski definition) is 21. The summed E-state index contributed by atoms with van der Waals surface area (Å²) in [5.74, 6) is 0. The minimum Gasteiger partial charge on any atom is -0.394 e. The first-order chi connectivity index (χ1) is 24.4. The molecular weight excluding hydrogens is 696 g/mol. The molecule has 21 heteroatoms. The predicted octanol–water partition coefficient (Wildman–Crippen LogP) is -7.27. The van der Waals surface area contributed by atoms with Gasteiger partial charge in [-0.15, -0.1) is 0 Å². The van der Waals surface area contributed by atoms with Crippen LogP contribution in [0.3, 0.4) is 0 Å². The van der Waals surface area contributed by atoms with Crippen LogP contribution in [-0.4, -0.2) is 254 Å². The number of rotatable bonds is 38. The number of aliphatic hydroxyl groups is 12. The highest BCUT2D eigenvalue weighted by Gasteiger charge is 2.15. The van der Waals surface area contributed by atoms with Crippen LogP contribution in [0.1, 0.15) is 0 Å². The number of aliphatic hydroxyl groups excluding tert-OH is 12. The number of ether oxygens (including phenoxy) is 9. The quantitative estimate of drug-likeness (QED) is 0.0278. The number of hydrogen-bond donors (Lipinski definition) is 12. The summed E-state index contributed by atoms with van der Waals surface area (Å²) in [6, 6.07) is 0. The summed E-state index contributed by atoms with van der Waals surface area (Å²) in [5.41, 5.74) is 0. The molecule has 0 aliphatic heterocycles. The van der Waals surface area contributed by atoms with Crippen LogP contribution in [0.15, 0.2) is 0 Å². The Morgan fingerprint density at radius 1 is 0.196 bits per heavy atom. The first-order valence-electron chi connectivity index (χ1n) is 16.6. The fourth-order valence-electron chi connectivity index (χ4n) is 3.55. The smallest absolute Gasteiger partial charge is 0.101 e. The van der Waals surface area contributed by atoms with Gasteiger partial charge in [-0.2, -0.15) is 0 Å².